The minimum atomic E-state index is -3.90. The van der Waals surface area contributed by atoms with E-state index < -0.39 is 16.0 Å². The van der Waals surface area contributed by atoms with E-state index in [4.69, 9.17) is 16.3 Å². The van der Waals surface area contributed by atoms with Gasteiger partial charge in [-0.3, -0.25) is 4.90 Å². The van der Waals surface area contributed by atoms with Crippen LogP contribution in [0.5, 0.6) is 0 Å². The van der Waals surface area contributed by atoms with Crippen LogP contribution in [0.1, 0.15) is 28.9 Å². The molecule has 1 aliphatic heterocycles. The fourth-order valence-corrected chi connectivity index (χ4v) is 5.20. The Bertz CT molecular complexity index is 1010. The topological polar surface area (TPSA) is 66.9 Å². The Morgan fingerprint density at radius 2 is 1.83 bits per heavy atom. The number of hydrogen-bond donors (Lipinski definition) is 0. The number of ether oxygens (including phenoxy) is 1. The summed E-state index contributed by atoms with van der Waals surface area (Å²) in [5.41, 5.74) is 0.752. The van der Waals surface area contributed by atoms with Crippen molar-refractivity contribution < 1.29 is 22.3 Å². The van der Waals surface area contributed by atoms with Gasteiger partial charge in [0.1, 0.15) is 5.82 Å². The molecule has 0 radical (unpaired) electrons. The lowest BCUT2D eigenvalue weighted by Crippen LogP contribution is -2.49. The zero-order chi connectivity index (χ0) is 21.2. The van der Waals surface area contributed by atoms with E-state index in [9.17, 15) is 17.6 Å². The Labute approximate surface area is 174 Å². The number of benzene rings is 2. The lowest BCUT2D eigenvalue weighted by molar-refractivity contribution is 0.0596. The first-order valence-corrected chi connectivity index (χ1v) is 10.9. The summed E-state index contributed by atoms with van der Waals surface area (Å²) in [6, 6.07) is 10.4. The quantitative estimate of drug-likeness (QED) is 0.667. The highest BCUT2D eigenvalue weighted by Crippen LogP contribution is 2.27. The minimum absolute atomic E-state index is 0.0447. The number of carbonyl (C=O) groups excluding carboxylic acids is 1. The summed E-state index contributed by atoms with van der Waals surface area (Å²) in [5, 5.41) is 0.248. The molecule has 1 atom stereocenters. The van der Waals surface area contributed by atoms with Crippen LogP contribution in [0, 0.1) is 5.82 Å². The molecule has 6 nitrogen and oxygen atoms in total. The molecule has 9 heteroatoms. The Morgan fingerprint density at radius 3 is 2.45 bits per heavy atom. The number of piperazine rings is 1. The molecule has 1 saturated heterocycles. The van der Waals surface area contributed by atoms with Crippen LogP contribution in [0.4, 0.5) is 4.39 Å². The summed E-state index contributed by atoms with van der Waals surface area (Å²) >= 11 is 5.93. The number of carbonyl (C=O) groups is 1. The third-order valence-electron chi connectivity index (χ3n) is 5.12. The van der Waals surface area contributed by atoms with Crippen LogP contribution >= 0.6 is 11.6 Å². The molecule has 0 amide bonds. The SMILES string of the molecule is COC(=O)c1cc(Cl)ccc1S(=O)(=O)N1CCN([C@H](C)c2cccc(F)c2)CC1. The van der Waals surface area contributed by atoms with Crippen molar-refractivity contribution in [2.24, 2.45) is 0 Å². The van der Waals surface area contributed by atoms with E-state index in [-0.39, 0.29) is 40.4 Å². The molecule has 29 heavy (non-hydrogen) atoms. The van der Waals surface area contributed by atoms with Gasteiger partial charge < -0.3 is 4.74 Å². The van der Waals surface area contributed by atoms with Crippen LogP contribution < -0.4 is 0 Å². The Balaban J connectivity index is 1.78. The molecule has 3 rings (SSSR count). The fraction of sp³-hybridized carbons (Fsp3) is 0.350. The van der Waals surface area contributed by atoms with Gasteiger partial charge in [-0.15, -0.1) is 0 Å². The summed E-state index contributed by atoms with van der Waals surface area (Å²) in [6.45, 7) is 3.44. The van der Waals surface area contributed by atoms with E-state index >= 15 is 0 Å². The second kappa shape index (κ2) is 8.79. The van der Waals surface area contributed by atoms with E-state index in [1.807, 2.05) is 13.0 Å². The first-order chi connectivity index (χ1) is 13.7. The number of rotatable bonds is 5. The molecule has 1 aliphatic rings. The van der Waals surface area contributed by atoms with Gasteiger partial charge in [-0.2, -0.15) is 4.31 Å². The number of sulfonamides is 1. The summed E-state index contributed by atoms with van der Waals surface area (Å²) < 4.78 is 45.8. The van der Waals surface area contributed by atoms with Crippen LogP contribution in [0.3, 0.4) is 0 Å². The van der Waals surface area contributed by atoms with E-state index in [1.165, 1.54) is 41.7 Å². The van der Waals surface area contributed by atoms with Crippen LogP contribution in [-0.2, 0) is 14.8 Å². The van der Waals surface area contributed by atoms with Crippen LogP contribution in [0.15, 0.2) is 47.4 Å². The molecule has 2 aromatic carbocycles. The molecule has 1 fully saturated rings. The number of halogens is 2. The number of methoxy groups -OCH3 is 1. The summed E-state index contributed by atoms with van der Waals surface area (Å²) in [4.78, 5) is 14.0. The molecular formula is C20H22ClFN2O4S. The van der Waals surface area contributed by atoms with E-state index in [1.54, 1.807) is 6.07 Å². The number of esters is 1. The first kappa shape index (κ1) is 21.7. The van der Waals surface area contributed by atoms with E-state index in [0.717, 1.165) is 5.56 Å². The second-order valence-electron chi connectivity index (χ2n) is 6.80. The zero-order valence-electron chi connectivity index (χ0n) is 16.1. The molecule has 0 aromatic heterocycles. The monoisotopic (exact) mass is 440 g/mol. The first-order valence-electron chi connectivity index (χ1n) is 9.11. The highest BCUT2D eigenvalue weighted by molar-refractivity contribution is 7.89. The standard InChI is InChI=1S/C20H22ClFN2O4S/c1-14(15-4-3-5-17(22)12-15)23-8-10-24(11-9-23)29(26,27)19-7-6-16(21)13-18(19)20(25)28-2/h3-7,12-14H,8-11H2,1-2H3/t14-/m1/s1. The van der Waals surface area contributed by atoms with Gasteiger partial charge in [-0.1, -0.05) is 23.7 Å². The predicted octanol–water partition coefficient (Wildman–Crippen LogP) is 3.33. The van der Waals surface area contributed by atoms with Gasteiger partial charge in [0.15, 0.2) is 0 Å². The molecule has 0 spiro atoms. The molecule has 1 heterocycles. The van der Waals surface area contributed by atoms with Gasteiger partial charge in [-0.25, -0.2) is 17.6 Å². The lowest BCUT2D eigenvalue weighted by Gasteiger charge is -2.37. The van der Waals surface area contributed by atoms with Crippen LogP contribution in [0.25, 0.3) is 0 Å². The zero-order valence-corrected chi connectivity index (χ0v) is 17.7. The molecule has 156 valence electrons. The van der Waals surface area contributed by atoms with Gasteiger partial charge in [0.25, 0.3) is 0 Å². The number of nitrogens with zero attached hydrogens (tertiary/aromatic N) is 2. The largest absolute Gasteiger partial charge is 0.465 e. The summed E-state index contributed by atoms with van der Waals surface area (Å²) in [5.74, 6) is -1.06. The Hall–Kier alpha value is -2.00. The lowest BCUT2D eigenvalue weighted by atomic mass is 10.1. The smallest absolute Gasteiger partial charge is 0.339 e. The molecule has 0 bridgehead atoms. The Morgan fingerprint density at radius 1 is 1.14 bits per heavy atom. The third kappa shape index (κ3) is 4.61. The highest BCUT2D eigenvalue weighted by Gasteiger charge is 2.33. The molecule has 0 aliphatic carbocycles. The minimum Gasteiger partial charge on any atom is -0.465 e. The van der Waals surface area contributed by atoms with Crippen molar-refractivity contribution in [1.29, 1.82) is 0 Å². The molecule has 0 N–H and O–H groups in total. The average Bonchev–Trinajstić information content (AvgIpc) is 2.72. The van der Waals surface area contributed by atoms with Crippen molar-refractivity contribution in [3.8, 4) is 0 Å². The van der Waals surface area contributed by atoms with Gasteiger partial charge in [0.2, 0.25) is 10.0 Å². The maximum Gasteiger partial charge on any atom is 0.339 e. The van der Waals surface area contributed by atoms with Gasteiger partial charge in [0.05, 0.1) is 17.6 Å². The summed E-state index contributed by atoms with van der Waals surface area (Å²) in [6.07, 6.45) is 0. The number of hydrogen-bond acceptors (Lipinski definition) is 5. The van der Waals surface area contributed by atoms with Gasteiger partial charge >= 0.3 is 5.97 Å². The average molecular weight is 441 g/mol. The van der Waals surface area contributed by atoms with E-state index in [2.05, 4.69) is 4.90 Å². The van der Waals surface area contributed by atoms with Crippen molar-refractivity contribution >= 4 is 27.6 Å². The van der Waals surface area contributed by atoms with Crippen LogP contribution in [-0.4, -0.2) is 56.9 Å². The van der Waals surface area contributed by atoms with Crippen molar-refractivity contribution in [1.82, 2.24) is 9.21 Å². The van der Waals surface area contributed by atoms with Crippen molar-refractivity contribution in [3.63, 3.8) is 0 Å². The maximum atomic E-state index is 13.5. The van der Waals surface area contributed by atoms with Gasteiger partial charge in [-0.05, 0) is 42.8 Å². The van der Waals surface area contributed by atoms with Gasteiger partial charge in [0, 0.05) is 37.2 Å². The Kier molecular flexibility index (Phi) is 6.58. The molecule has 0 unspecified atom stereocenters. The van der Waals surface area contributed by atoms with E-state index in [0.29, 0.717) is 13.1 Å². The molecular weight excluding hydrogens is 419 g/mol. The fourth-order valence-electron chi connectivity index (χ4n) is 3.44. The van der Waals surface area contributed by atoms with Crippen molar-refractivity contribution in [3.05, 3.63) is 64.4 Å². The van der Waals surface area contributed by atoms with Crippen molar-refractivity contribution in [2.45, 2.75) is 17.9 Å². The second-order valence-corrected chi connectivity index (χ2v) is 9.15. The molecule has 0 saturated carbocycles. The predicted molar refractivity (Wildman–Crippen MR) is 108 cm³/mol. The van der Waals surface area contributed by atoms with Crippen molar-refractivity contribution in [2.75, 3.05) is 33.3 Å². The maximum absolute atomic E-state index is 13.5. The highest BCUT2D eigenvalue weighted by atomic mass is 35.5. The van der Waals surface area contributed by atoms with Crippen LogP contribution in [0.2, 0.25) is 5.02 Å². The normalized spacial score (nSPS) is 17.1. The summed E-state index contributed by atoms with van der Waals surface area (Å²) in [7, 11) is -2.71. The third-order valence-corrected chi connectivity index (χ3v) is 7.31. The molecule has 2 aromatic rings.